The Hall–Kier alpha value is -1.58. The monoisotopic (exact) mass is 240 g/mol. The summed E-state index contributed by atoms with van der Waals surface area (Å²) >= 11 is 0. The van der Waals surface area contributed by atoms with Crippen LogP contribution in [0.25, 0.3) is 0 Å². The summed E-state index contributed by atoms with van der Waals surface area (Å²) in [7, 11) is 0. The Bertz CT molecular complexity index is 372. The third-order valence-electron chi connectivity index (χ3n) is 2.94. The molecule has 2 N–H and O–H groups in total. The number of halogens is 1. The maximum absolute atomic E-state index is 12.6. The molecule has 1 fully saturated rings. The smallest absolute Gasteiger partial charge is 0.450 e. The summed E-state index contributed by atoms with van der Waals surface area (Å²) < 4.78 is 12.6. The van der Waals surface area contributed by atoms with Crippen molar-refractivity contribution < 1.29 is 19.4 Å². The van der Waals surface area contributed by atoms with Crippen LogP contribution in [0.4, 0.5) is 9.18 Å². The predicted octanol–water partition coefficient (Wildman–Crippen LogP) is 3.95. The molecule has 0 atom stereocenters. The minimum atomic E-state index is -1.83. The van der Waals surface area contributed by atoms with Gasteiger partial charge in [0.1, 0.15) is 5.82 Å². The van der Waals surface area contributed by atoms with Gasteiger partial charge in [0.2, 0.25) is 0 Å². The summed E-state index contributed by atoms with van der Waals surface area (Å²) in [5, 5.41) is 13.9. The highest BCUT2D eigenvalue weighted by Gasteiger charge is 2.36. The van der Waals surface area contributed by atoms with E-state index in [-0.39, 0.29) is 5.82 Å². The van der Waals surface area contributed by atoms with Crippen LogP contribution in [-0.2, 0) is 0 Å². The van der Waals surface area contributed by atoms with E-state index in [0.717, 1.165) is 0 Å². The van der Waals surface area contributed by atoms with Gasteiger partial charge in [-0.3, -0.25) is 0 Å². The van der Waals surface area contributed by atoms with E-state index >= 15 is 0 Å². The Labute approximate surface area is 99.9 Å². The third-order valence-corrected chi connectivity index (χ3v) is 2.94. The molecule has 1 aliphatic rings. The van der Waals surface area contributed by atoms with Crippen molar-refractivity contribution in [1.29, 1.82) is 0 Å². The molecule has 0 heterocycles. The van der Waals surface area contributed by atoms with Gasteiger partial charge in [0.05, 0.1) is 0 Å². The molecule has 0 unspecified atom stereocenters. The van der Waals surface area contributed by atoms with E-state index in [4.69, 9.17) is 15.0 Å². The summed E-state index contributed by atoms with van der Waals surface area (Å²) in [4.78, 5) is 8.56. The minimum Gasteiger partial charge on any atom is -0.450 e. The Kier molecular flexibility index (Phi) is 4.10. The van der Waals surface area contributed by atoms with Crippen molar-refractivity contribution in [3.8, 4) is 0 Å². The molecular formula is C13H17FO3. The minimum absolute atomic E-state index is 0.137. The van der Waals surface area contributed by atoms with E-state index in [1.165, 1.54) is 18.4 Å². The highest BCUT2D eigenvalue weighted by molar-refractivity contribution is 5.53. The largest absolute Gasteiger partial charge is 0.503 e. The first-order chi connectivity index (χ1) is 7.80. The molecule has 1 aliphatic carbocycles. The van der Waals surface area contributed by atoms with Crippen molar-refractivity contribution in [2.24, 2.45) is 5.41 Å². The maximum atomic E-state index is 12.6. The number of rotatable bonds is 1. The van der Waals surface area contributed by atoms with Crippen molar-refractivity contribution in [3.05, 3.63) is 35.6 Å². The molecule has 94 valence electrons. The van der Waals surface area contributed by atoms with Gasteiger partial charge in [0.25, 0.3) is 0 Å². The molecule has 1 aromatic rings. The molecule has 0 amide bonds. The first kappa shape index (κ1) is 13.5. The Morgan fingerprint density at radius 1 is 1.24 bits per heavy atom. The second-order valence-corrected chi connectivity index (χ2v) is 5.10. The zero-order valence-corrected chi connectivity index (χ0v) is 9.98. The summed E-state index contributed by atoms with van der Waals surface area (Å²) in [6, 6.07) is 6.94. The van der Waals surface area contributed by atoms with Crippen LogP contribution in [0, 0.1) is 11.2 Å². The zero-order valence-electron chi connectivity index (χ0n) is 9.98. The zero-order chi connectivity index (χ0) is 13.1. The van der Waals surface area contributed by atoms with Crippen LogP contribution in [0.3, 0.4) is 0 Å². The van der Waals surface area contributed by atoms with Gasteiger partial charge in [-0.2, -0.15) is 0 Å². The van der Waals surface area contributed by atoms with Crippen LogP contribution in [0.2, 0.25) is 0 Å². The van der Waals surface area contributed by atoms with Crippen LogP contribution >= 0.6 is 0 Å². The van der Waals surface area contributed by atoms with Gasteiger partial charge in [-0.1, -0.05) is 26.0 Å². The van der Waals surface area contributed by atoms with Crippen LogP contribution in [0.1, 0.15) is 38.2 Å². The molecule has 0 aromatic heterocycles. The topological polar surface area (TPSA) is 57.5 Å². The normalized spacial score (nSPS) is 17.6. The van der Waals surface area contributed by atoms with Crippen LogP contribution < -0.4 is 0 Å². The summed E-state index contributed by atoms with van der Waals surface area (Å²) in [6.45, 7) is 4.57. The van der Waals surface area contributed by atoms with E-state index in [9.17, 15) is 4.39 Å². The summed E-state index contributed by atoms with van der Waals surface area (Å²) in [6.07, 6.45) is 0.636. The fraction of sp³-hybridized carbons (Fsp3) is 0.462. The average Bonchev–Trinajstić information content (AvgIpc) is 2.14. The van der Waals surface area contributed by atoms with Gasteiger partial charge in [-0.15, -0.1) is 0 Å². The van der Waals surface area contributed by atoms with E-state index in [0.29, 0.717) is 11.3 Å². The predicted molar refractivity (Wildman–Crippen MR) is 62.8 cm³/mol. The van der Waals surface area contributed by atoms with Crippen LogP contribution in [0.15, 0.2) is 24.3 Å². The fourth-order valence-electron chi connectivity index (χ4n) is 2.24. The lowest BCUT2D eigenvalue weighted by atomic mass is 9.62. The number of hydrogen-bond acceptors (Lipinski definition) is 1. The molecule has 3 nitrogen and oxygen atoms in total. The highest BCUT2D eigenvalue weighted by atomic mass is 19.1. The van der Waals surface area contributed by atoms with Crippen molar-refractivity contribution in [1.82, 2.24) is 0 Å². The van der Waals surface area contributed by atoms with Crippen molar-refractivity contribution in [3.63, 3.8) is 0 Å². The summed E-state index contributed by atoms with van der Waals surface area (Å²) in [5.74, 6) is 0.526. The Morgan fingerprint density at radius 3 is 2.00 bits per heavy atom. The molecule has 0 spiro atoms. The van der Waals surface area contributed by atoms with Gasteiger partial charge in [-0.25, -0.2) is 9.18 Å². The first-order valence-corrected chi connectivity index (χ1v) is 5.47. The lowest BCUT2D eigenvalue weighted by molar-refractivity contribution is 0.137. The molecular weight excluding hydrogens is 223 g/mol. The van der Waals surface area contributed by atoms with E-state index in [2.05, 4.69) is 13.8 Å². The Morgan fingerprint density at radius 2 is 1.65 bits per heavy atom. The molecule has 0 saturated heterocycles. The standard InChI is InChI=1S/C12H15F.CH2O3/c1-12(2)7-10(8-12)9-3-5-11(13)6-4-9;2-1(3)4/h3-6,10H,7-8H2,1-2H3;(H2,2,3,4). The molecule has 1 aromatic carbocycles. The van der Waals surface area contributed by atoms with Gasteiger partial charge in [0, 0.05) is 0 Å². The van der Waals surface area contributed by atoms with E-state index in [1.807, 2.05) is 12.1 Å². The lowest BCUT2D eigenvalue weighted by Gasteiger charge is -2.43. The molecule has 4 heteroatoms. The molecule has 0 radical (unpaired) electrons. The summed E-state index contributed by atoms with van der Waals surface area (Å²) in [5.41, 5.74) is 1.79. The second kappa shape index (κ2) is 5.17. The fourth-order valence-corrected chi connectivity index (χ4v) is 2.24. The Balaban J connectivity index is 0.000000317. The number of benzene rings is 1. The van der Waals surface area contributed by atoms with E-state index in [1.54, 1.807) is 12.1 Å². The van der Waals surface area contributed by atoms with E-state index < -0.39 is 6.16 Å². The number of carbonyl (C=O) groups is 1. The molecule has 1 saturated carbocycles. The van der Waals surface area contributed by atoms with Gasteiger partial charge < -0.3 is 10.2 Å². The third kappa shape index (κ3) is 4.43. The molecule has 2 rings (SSSR count). The molecule has 0 aliphatic heterocycles. The van der Waals surface area contributed by atoms with Gasteiger partial charge in [-0.05, 0) is 41.9 Å². The molecule has 17 heavy (non-hydrogen) atoms. The van der Waals surface area contributed by atoms with Gasteiger partial charge in [0.15, 0.2) is 0 Å². The van der Waals surface area contributed by atoms with Crippen molar-refractivity contribution >= 4 is 6.16 Å². The molecule has 0 bridgehead atoms. The number of hydrogen-bond donors (Lipinski definition) is 2. The lowest BCUT2D eigenvalue weighted by Crippen LogP contribution is -2.29. The first-order valence-electron chi connectivity index (χ1n) is 5.47. The maximum Gasteiger partial charge on any atom is 0.503 e. The van der Waals surface area contributed by atoms with Crippen LogP contribution in [0.5, 0.6) is 0 Å². The average molecular weight is 240 g/mol. The quantitative estimate of drug-likeness (QED) is 0.781. The SMILES string of the molecule is CC1(C)CC(c2ccc(F)cc2)C1.O=C(O)O. The second-order valence-electron chi connectivity index (χ2n) is 5.10. The van der Waals surface area contributed by atoms with Crippen molar-refractivity contribution in [2.75, 3.05) is 0 Å². The van der Waals surface area contributed by atoms with Crippen molar-refractivity contribution in [2.45, 2.75) is 32.6 Å². The van der Waals surface area contributed by atoms with Gasteiger partial charge >= 0.3 is 6.16 Å². The van der Waals surface area contributed by atoms with Crippen LogP contribution in [-0.4, -0.2) is 16.4 Å². The highest BCUT2D eigenvalue weighted by Crippen LogP contribution is 2.50. The number of carboxylic acid groups (broad SMARTS) is 2.